The van der Waals surface area contributed by atoms with Crippen LogP contribution in [0.1, 0.15) is 43.9 Å². The monoisotopic (exact) mass is 427 g/mol. The van der Waals surface area contributed by atoms with Crippen molar-refractivity contribution in [2.24, 2.45) is 5.41 Å². The molecule has 0 radical (unpaired) electrons. The van der Waals surface area contributed by atoms with Crippen LogP contribution in [0.15, 0.2) is 64.7 Å². The van der Waals surface area contributed by atoms with Crippen molar-refractivity contribution in [1.29, 1.82) is 0 Å². The van der Waals surface area contributed by atoms with Crippen LogP contribution in [0.2, 0.25) is 0 Å². The fraction of sp³-hybridized carbons (Fsp3) is 0.250. The lowest BCUT2D eigenvalue weighted by molar-refractivity contribution is -0.118. The van der Waals surface area contributed by atoms with Gasteiger partial charge < -0.3 is 14.9 Å². The molecule has 0 spiro atoms. The van der Waals surface area contributed by atoms with Crippen LogP contribution in [0.4, 0.5) is 5.69 Å². The number of nitrogens with zero attached hydrogens (tertiary/aromatic N) is 4. The second kappa shape index (κ2) is 6.53. The number of hydrogen-bond acceptors (Lipinski definition) is 7. The van der Waals surface area contributed by atoms with Crippen molar-refractivity contribution >= 4 is 17.1 Å². The topological polar surface area (TPSA) is 109 Å². The number of hydrogen-bond donors (Lipinski definition) is 1. The molecule has 0 saturated heterocycles. The summed E-state index contributed by atoms with van der Waals surface area (Å²) in [7, 11) is 0. The molecule has 2 N–H and O–H groups in total. The molecule has 4 aromatic rings. The van der Waals surface area contributed by atoms with Crippen LogP contribution >= 0.6 is 0 Å². The Bertz CT molecular complexity index is 1400. The maximum absolute atomic E-state index is 13.3. The third kappa shape index (κ3) is 2.83. The van der Waals surface area contributed by atoms with Gasteiger partial charge in [0, 0.05) is 29.7 Å². The van der Waals surface area contributed by atoms with Crippen LogP contribution in [0.3, 0.4) is 0 Å². The smallest absolute Gasteiger partial charge is 0.228 e. The number of rotatable bonds is 2. The number of aromatic nitrogens is 4. The molecule has 160 valence electrons. The van der Waals surface area contributed by atoms with Gasteiger partial charge in [-0.1, -0.05) is 13.8 Å². The van der Waals surface area contributed by atoms with Gasteiger partial charge in [-0.3, -0.25) is 4.79 Å². The van der Waals surface area contributed by atoms with E-state index in [1.807, 2.05) is 36.4 Å². The Labute approximate surface area is 183 Å². The van der Waals surface area contributed by atoms with Gasteiger partial charge >= 0.3 is 0 Å². The van der Waals surface area contributed by atoms with Gasteiger partial charge in [-0.25, -0.2) is 14.5 Å². The van der Waals surface area contributed by atoms with E-state index in [1.165, 1.54) is 0 Å². The highest BCUT2D eigenvalue weighted by atomic mass is 16.5. The number of nitrogens with two attached hydrogens (primary N) is 1. The number of nitrogen functional groups attached to an aromatic ring is 1. The fourth-order valence-corrected chi connectivity index (χ4v) is 4.64. The van der Waals surface area contributed by atoms with Gasteiger partial charge in [0.2, 0.25) is 5.88 Å². The largest absolute Gasteiger partial charge is 0.468 e. The van der Waals surface area contributed by atoms with Crippen molar-refractivity contribution < 1.29 is 13.9 Å². The van der Waals surface area contributed by atoms with E-state index in [9.17, 15) is 4.79 Å². The number of ketones is 1. The number of Topliss-reactive ketones (excluding diaryl/α,β-unsaturated/α-hetero) is 1. The Morgan fingerprint density at radius 2 is 1.97 bits per heavy atom. The third-order valence-electron chi connectivity index (χ3n) is 6.06. The van der Waals surface area contributed by atoms with Crippen molar-refractivity contribution in [3.63, 3.8) is 0 Å². The summed E-state index contributed by atoms with van der Waals surface area (Å²) >= 11 is 0. The molecule has 1 atom stereocenters. The summed E-state index contributed by atoms with van der Waals surface area (Å²) in [6.45, 7) is 4.15. The number of furan rings is 1. The second-order valence-electron chi connectivity index (χ2n) is 9.12. The van der Waals surface area contributed by atoms with Crippen molar-refractivity contribution in [2.45, 2.75) is 32.6 Å². The zero-order valence-electron chi connectivity index (χ0n) is 17.7. The molecule has 0 saturated carbocycles. The molecule has 1 aromatic carbocycles. The van der Waals surface area contributed by atoms with Gasteiger partial charge in [0.1, 0.15) is 17.8 Å². The minimum absolute atomic E-state index is 0.0589. The highest BCUT2D eigenvalue weighted by Gasteiger charge is 2.44. The molecule has 0 bridgehead atoms. The summed E-state index contributed by atoms with van der Waals surface area (Å²) < 4.78 is 13.6. The first-order valence-electron chi connectivity index (χ1n) is 10.5. The normalized spacial score (nSPS) is 19.6. The highest BCUT2D eigenvalue weighted by molar-refractivity contribution is 6.00. The fourth-order valence-electron chi connectivity index (χ4n) is 4.64. The van der Waals surface area contributed by atoms with E-state index in [0.29, 0.717) is 58.5 Å². The van der Waals surface area contributed by atoms with Crippen molar-refractivity contribution in [3.05, 3.63) is 71.6 Å². The predicted molar refractivity (Wildman–Crippen MR) is 117 cm³/mol. The summed E-state index contributed by atoms with van der Waals surface area (Å²) in [6.07, 6.45) is 4.30. The van der Waals surface area contributed by atoms with E-state index in [-0.39, 0.29) is 11.2 Å². The number of allylic oxidation sites excluding steroid dienone is 2. The van der Waals surface area contributed by atoms with Crippen molar-refractivity contribution in [3.8, 4) is 17.3 Å². The average molecular weight is 427 g/mol. The molecule has 6 rings (SSSR count). The van der Waals surface area contributed by atoms with Gasteiger partial charge in [-0.05, 0) is 41.8 Å². The molecule has 32 heavy (non-hydrogen) atoms. The quantitative estimate of drug-likeness (QED) is 0.479. The summed E-state index contributed by atoms with van der Waals surface area (Å²) in [5.74, 6) is 1.89. The predicted octanol–water partition coefficient (Wildman–Crippen LogP) is 4.13. The Morgan fingerprint density at radius 3 is 2.72 bits per heavy atom. The minimum Gasteiger partial charge on any atom is -0.468 e. The lowest BCUT2D eigenvalue weighted by Gasteiger charge is -2.36. The number of anilines is 1. The molecule has 2 aliphatic rings. The zero-order valence-corrected chi connectivity index (χ0v) is 17.7. The second-order valence-corrected chi connectivity index (χ2v) is 9.12. The van der Waals surface area contributed by atoms with Gasteiger partial charge in [-0.15, -0.1) is 5.10 Å². The van der Waals surface area contributed by atoms with Crippen molar-refractivity contribution in [1.82, 2.24) is 19.6 Å². The molecule has 8 nitrogen and oxygen atoms in total. The molecule has 0 fully saturated rings. The van der Waals surface area contributed by atoms with Gasteiger partial charge in [-0.2, -0.15) is 0 Å². The molecule has 1 aliphatic carbocycles. The SMILES string of the molecule is CC1(C)CC(=O)C2=C(C1)Oc1ncn3nc(-c4ccc(N)cc4)nc3c1C2c1ccco1. The minimum atomic E-state index is -0.452. The number of ether oxygens (including phenoxy) is 1. The Balaban J connectivity index is 1.58. The molecule has 4 heterocycles. The van der Waals surface area contributed by atoms with E-state index in [0.717, 1.165) is 5.56 Å². The van der Waals surface area contributed by atoms with E-state index in [2.05, 4.69) is 23.9 Å². The first kappa shape index (κ1) is 18.8. The molecule has 0 amide bonds. The average Bonchev–Trinajstić information content (AvgIpc) is 3.42. The van der Waals surface area contributed by atoms with Crippen LogP contribution < -0.4 is 10.5 Å². The van der Waals surface area contributed by atoms with Gasteiger partial charge in [0.05, 0.1) is 17.7 Å². The molecule has 8 heteroatoms. The summed E-state index contributed by atoms with van der Waals surface area (Å²) in [6, 6.07) is 11.1. The molecular formula is C24H21N5O3. The van der Waals surface area contributed by atoms with Gasteiger partial charge in [0.25, 0.3) is 0 Å². The Hall–Kier alpha value is -3.94. The van der Waals surface area contributed by atoms with Crippen molar-refractivity contribution in [2.75, 3.05) is 5.73 Å². The molecule has 1 unspecified atom stereocenters. The summed E-state index contributed by atoms with van der Waals surface area (Å²) in [4.78, 5) is 22.6. The van der Waals surface area contributed by atoms with Crippen LogP contribution in [0.5, 0.6) is 5.88 Å². The summed E-state index contributed by atoms with van der Waals surface area (Å²) in [5, 5.41) is 4.60. The highest BCUT2D eigenvalue weighted by Crippen LogP contribution is 2.50. The zero-order chi connectivity index (χ0) is 22.0. The van der Waals surface area contributed by atoms with E-state index < -0.39 is 5.92 Å². The number of fused-ring (bicyclic) bond motifs is 3. The van der Waals surface area contributed by atoms with Crippen LogP contribution in [-0.4, -0.2) is 25.4 Å². The lowest BCUT2D eigenvalue weighted by atomic mass is 9.71. The Morgan fingerprint density at radius 1 is 1.16 bits per heavy atom. The van der Waals surface area contributed by atoms with E-state index in [4.69, 9.17) is 19.9 Å². The van der Waals surface area contributed by atoms with Gasteiger partial charge in [0.15, 0.2) is 17.3 Å². The maximum Gasteiger partial charge on any atom is 0.228 e. The molecular weight excluding hydrogens is 406 g/mol. The molecule has 1 aliphatic heterocycles. The van der Waals surface area contributed by atoms with Crippen LogP contribution in [0, 0.1) is 5.41 Å². The maximum atomic E-state index is 13.3. The first-order valence-corrected chi connectivity index (χ1v) is 10.5. The first-order chi connectivity index (χ1) is 15.4. The number of carbonyl (C=O) groups excluding carboxylic acids is 1. The molecule has 3 aromatic heterocycles. The van der Waals surface area contributed by atoms with Crippen LogP contribution in [-0.2, 0) is 4.79 Å². The number of carbonyl (C=O) groups is 1. The number of benzene rings is 1. The van der Waals surface area contributed by atoms with Crippen LogP contribution in [0.25, 0.3) is 17.0 Å². The van der Waals surface area contributed by atoms with E-state index >= 15 is 0 Å². The lowest BCUT2D eigenvalue weighted by Crippen LogP contribution is -2.33. The summed E-state index contributed by atoms with van der Waals surface area (Å²) in [5.41, 5.74) is 9.02. The third-order valence-corrected chi connectivity index (χ3v) is 6.06. The standard InChI is InChI=1S/C24H21N5O3/c1-24(2)10-15(30)18-17(11-24)32-23-20(19(18)16-4-3-9-31-16)22-27-21(28-29(22)12-26-23)13-5-7-14(25)8-6-13/h3-9,12,19H,10-11,25H2,1-2H3. The van der Waals surface area contributed by atoms with E-state index in [1.54, 1.807) is 17.1 Å². The Kier molecular flexibility index (Phi) is 3.83.